The third-order valence-electron chi connectivity index (χ3n) is 2.48. The van der Waals surface area contributed by atoms with E-state index in [2.05, 4.69) is 4.74 Å². The van der Waals surface area contributed by atoms with Crippen LogP contribution in [0.1, 0.15) is 22.7 Å². The van der Waals surface area contributed by atoms with Gasteiger partial charge in [0.2, 0.25) is 0 Å². The highest BCUT2D eigenvalue weighted by molar-refractivity contribution is 5.85. The Balaban J connectivity index is 0.00000400. The van der Waals surface area contributed by atoms with Crippen molar-refractivity contribution in [2.45, 2.75) is 18.4 Å². The highest BCUT2D eigenvalue weighted by Gasteiger charge is 2.40. The molecule has 0 aliphatic carbocycles. The van der Waals surface area contributed by atoms with E-state index in [1.807, 2.05) is 0 Å². The number of nitrogens with two attached hydrogens (primary N) is 1. The number of rotatable bonds is 2. The van der Waals surface area contributed by atoms with E-state index in [0.29, 0.717) is 12.1 Å². The van der Waals surface area contributed by atoms with Crippen LogP contribution < -0.4 is 5.73 Å². The summed E-state index contributed by atoms with van der Waals surface area (Å²) in [7, 11) is 0.902. The number of alkyl halides is 6. The summed E-state index contributed by atoms with van der Waals surface area (Å²) in [5, 5.41) is 0. The molecular weight excluding hydrogens is 328 g/mol. The Labute approximate surface area is 121 Å². The molecule has 10 heteroatoms. The lowest BCUT2D eigenvalue weighted by Gasteiger charge is -2.18. The number of hydrogen-bond donors (Lipinski definition) is 1. The maximum Gasteiger partial charge on any atom is 0.416 e. The van der Waals surface area contributed by atoms with Gasteiger partial charge in [0.05, 0.1) is 18.2 Å². The predicted molar refractivity (Wildman–Crippen MR) is 62.6 cm³/mol. The van der Waals surface area contributed by atoms with Gasteiger partial charge in [0.15, 0.2) is 0 Å². The number of benzene rings is 1. The number of methoxy groups -OCH3 is 1. The van der Waals surface area contributed by atoms with E-state index in [4.69, 9.17) is 5.73 Å². The molecule has 0 heterocycles. The molecule has 0 radical (unpaired) electrons. The van der Waals surface area contributed by atoms with Crippen LogP contribution in [-0.4, -0.2) is 13.1 Å². The number of carbonyl (C=O) groups excluding carboxylic acids is 1. The lowest BCUT2D eigenvalue weighted by molar-refractivity contribution is -0.145. The van der Waals surface area contributed by atoms with Gasteiger partial charge in [-0.3, -0.25) is 4.79 Å². The third-order valence-corrected chi connectivity index (χ3v) is 2.48. The summed E-state index contributed by atoms with van der Waals surface area (Å²) in [4.78, 5) is 11.1. The molecule has 0 saturated carbocycles. The summed E-state index contributed by atoms with van der Waals surface area (Å²) in [6.45, 7) is 0. The van der Waals surface area contributed by atoms with Crippen LogP contribution in [0, 0.1) is 0 Å². The van der Waals surface area contributed by atoms with Crippen molar-refractivity contribution in [2.24, 2.45) is 5.73 Å². The summed E-state index contributed by atoms with van der Waals surface area (Å²) in [6, 6.07) is -0.961. The van der Waals surface area contributed by atoms with E-state index in [0.717, 1.165) is 7.11 Å². The first-order valence-electron chi connectivity index (χ1n) is 5.10. The maximum atomic E-state index is 12.8. The lowest BCUT2D eigenvalue weighted by Crippen LogP contribution is -2.26. The molecule has 0 unspecified atom stereocenters. The largest absolute Gasteiger partial charge is 0.468 e. The highest BCUT2D eigenvalue weighted by Crippen LogP contribution is 2.38. The minimum absolute atomic E-state index is 0. The Morgan fingerprint density at radius 3 is 2.05 bits per heavy atom. The third kappa shape index (κ3) is 4.50. The van der Waals surface area contributed by atoms with Crippen molar-refractivity contribution in [3.63, 3.8) is 0 Å². The Kier molecular flexibility index (Phi) is 6.06. The van der Waals surface area contributed by atoms with E-state index in [9.17, 15) is 31.1 Å². The second-order valence-electron chi connectivity index (χ2n) is 3.80. The van der Waals surface area contributed by atoms with Crippen LogP contribution in [0.15, 0.2) is 18.2 Å². The molecule has 1 aromatic rings. The highest BCUT2D eigenvalue weighted by atomic mass is 35.5. The van der Waals surface area contributed by atoms with Crippen molar-refractivity contribution in [1.29, 1.82) is 0 Å². The Morgan fingerprint density at radius 1 is 1.14 bits per heavy atom. The molecule has 0 aromatic heterocycles. The van der Waals surface area contributed by atoms with Gasteiger partial charge >= 0.3 is 18.3 Å². The van der Waals surface area contributed by atoms with Crippen LogP contribution in [0.3, 0.4) is 0 Å². The van der Waals surface area contributed by atoms with Crippen molar-refractivity contribution < 1.29 is 35.9 Å². The molecule has 2 N–H and O–H groups in total. The molecule has 0 bridgehead atoms. The molecule has 0 spiro atoms. The number of halogens is 7. The molecule has 0 aliphatic heterocycles. The zero-order chi connectivity index (χ0) is 15.7. The quantitative estimate of drug-likeness (QED) is 0.665. The molecule has 120 valence electrons. The van der Waals surface area contributed by atoms with Crippen LogP contribution in [-0.2, 0) is 21.9 Å². The van der Waals surface area contributed by atoms with Crippen molar-refractivity contribution in [2.75, 3.05) is 7.11 Å². The predicted octanol–water partition coefficient (Wildman–Crippen LogP) is 3.32. The number of ether oxygens (including phenoxy) is 1. The van der Waals surface area contributed by atoms with E-state index in [-0.39, 0.29) is 18.5 Å². The Morgan fingerprint density at radius 2 is 1.67 bits per heavy atom. The molecule has 21 heavy (non-hydrogen) atoms. The minimum Gasteiger partial charge on any atom is -0.468 e. The SMILES string of the molecule is COC(=O)[C@@H](N)c1ccc(C(F)(F)F)cc1C(F)(F)F.Cl. The van der Waals surface area contributed by atoms with Crippen molar-refractivity contribution in [3.05, 3.63) is 34.9 Å². The van der Waals surface area contributed by atoms with Gasteiger partial charge in [-0.1, -0.05) is 6.07 Å². The van der Waals surface area contributed by atoms with Gasteiger partial charge in [0.25, 0.3) is 0 Å². The normalized spacial score (nSPS) is 13.3. The van der Waals surface area contributed by atoms with Gasteiger partial charge in [-0.15, -0.1) is 12.4 Å². The zero-order valence-electron chi connectivity index (χ0n) is 10.4. The molecule has 0 fully saturated rings. The fourth-order valence-electron chi connectivity index (χ4n) is 1.50. The Bertz CT molecular complexity index is 514. The Hall–Kier alpha value is -1.48. The second-order valence-corrected chi connectivity index (χ2v) is 3.80. The first-order chi connectivity index (χ1) is 8.98. The molecule has 1 atom stereocenters. The molecule has 0 saturated heterocycles. The van der Waals surface area contributed by atoms with Crippen molar-refractivity contribution >= 4 is 18.4 Å². The van der Waals surface area contributed by atoms with Crippen LogP contribution in [0.2, 0.25) is 0 Å². The number of hydrogen-bond acceptors (Lipinski definition) is 3. The molecule has 3 nitrogen and oxygen atoms in total. The maximum absolute atomic E-state index is 12.8. The van der Waals surface area contributed by atoms with Gasteiger partial charge in [-0.25, -0.2) is 0 Å². The van der Waals surface area contributed by atoms with Gasteiger partial charge in [0, 0.05) is 0 Å². The summed E-state index contributed by atoms with van der Waals surface area (Å²) in [6.07, 6.45) is -10.0. The first-order valence-corrected chi connectivity index (χ1v) is 5.10. The van der Waals surface area contributed by atoms with E-state index in [1.165, 1.54) is 0 Å². The van der Waals surface area contributed by atoms with Gasteiger partial charge in [-0.2, -0.15) is 26.3 Å². The summed E-state index contributed by atoms with van der Waals surface area (Å²) in [5.74, 6) is -1.18. The summed E-state index contributed by atoms with van der Waals surface area (Å²) >= 11 is 0. The number of carbonyl (C=O) groups is 1. The van der Waals surface area contributed by atoms with Crippen molar-refractivity contribution in [3.8, 4) is 0 Å². The monoisotopic (exact) mass is 337 g/mol. The lowest BCUT2D eigenvalue weighted by atomic mass is 9.97. The van der Waals surface area contributed by atoms with Gasteiger partial charge < -0.3 is 10.5 Å². The fourth-order valence-corrected chi connectivity index (χ4v) is 1.50. The molecule has 0 aliphatic rings. The van der Waals surface area contributed by atoms with E-state index in [1.54, 1.807) is 0 Å². The average molecular weight is 338 g/mol. The zero-order valence-corrected chi connectivity index (χ0v) is 11.2. The van der Waals surface area contributed by atoms with Crippen LogP contribution in [0.5, 0.6) is 0 Å². The topological polar surface area (TPSA) is 52.3 Å². The molecule has 1 rings (SSSR count). The average Bonchev–Trinajstić information content (AvgIpc) is 2.34. The van der Waals surface area contributed by atoms with E-state index >= 15 is 0 Å². The minimum atomic E-state index is -5.08. The molecular formula is C11H10ClF6NO2. The van der Waals surface area contributed by atoms with E-state index < -0.39 is 41.1 Å². The van der Waals surface area contributed by atoms with Gasteiger partial charge in [0.1, 0.15) is 6.04 Å². The smallest absolute Gasteiger partial charge is 0.416 e. The molecule has 0 amide bonds. The van der Waals surface area contributed by atoms with Gasteiger partial charge in [-0.05, 0) is 17.7 Å². The van der Waals surface area contributed by atoms with Crippen LogP contribution in [0.4, 0.5) is 26.3 Å². The fraction of sp³-hybridized carbons (Fsp3) is 0.364. The van der Waals surface area contributed by atoms with Crippen LogP contribution in [0.25, 0.3) is 0 Å². The van der Waals surface area contributed by atoms with Crippen molar-refractivity contribution in [1.82, 2.24) is 0 Å². The van der Waals surface area contributed by atoms with Crippen LogP contribution >= 0.6 is 12.4 Å². The first kappa shape index (κ1) is 19.5. The standard InChI is InChI=1S/C11H9F6NO2.ClH/c1-20-9(19)8(18)6-3-2-5(10(12,13)14)4-7(6)11(15,16)17;/h2-4,8H,18H2,1H3;1H/t8-;/m0./s1. The second kappa shape index (κ2) is 6.52. The summed E-state index contributed by atoms with van der Waals surface area (Å²) in [5.41, 5.74) is 1.37. The summed E-state index contributed by atoms with van der Waals surface area (Å²) < 4.78 is 79.8. The number of esters is 1. The molecule has 1 aromatic carbocycles.